The molecule has 0 bridgehead atoms. The van der Waals surface area contributed by atoms with Crippen molar-refractivity contribution in [1.82, 2.24) is 9.97 Å². The van der Waals surface area contributed by atoms with Crippen molar-refractivity contribution in [2.45, 2.75) is 25.2 Å². The standard InChI is InChI=1S/C15H20N4S/c1-4-8-16-15-17-11(2)9-14(19-15)18-12-6-5-7-13(10-12)20-3/h5-7,9-10H,4,8H2,1-3H3,(H2,16,17,18,19). The van der Waals surface area contributed by atoms with E-state index in [0.29, 0.717) is 5.95 Å². The fourth-order valence-corrected chi connectivity index (χ4v) is 2.26. The maximum Gasteiger partial charge on any atom is 0.224 e. The molecule has 0 fully saturated rings. The van der Waals surface area contributed by atoms with E-state index in [9.17, 15) is 0 Å². The molecule has 0 radical (unpaired) electrons. The molecule has 1 heterocycles. The lowest BCUT2D eigenvalue weighted by atomic mass is 10.3. The monoisotopic (exact) mass is 288 g/mol. The van der Waals surface area contributed by atoms with E-state index in [2.05, 4.69) is 45.9 Å². The van der Waals surface area contributed by atoms with Gasteiger partial charge in [0.25, 0.3) is 0 Å². The van der Waals surface area contributed by atoms with Gasteiger partial charge in [-0.05, 0) is 37.8 Å². The largest absolute Gasteiger partial charge is 0.354 e. The summed E-state index contributed by atoms with van der Waals surface area (Å²) in [5.41, 5.74) is 1.98. The Morgan fingerprint density at radius 2 is 2.05 bits per heavy atom. The van der Waals surface area contributed by atoms with Crippen LogP contribution in [-0.4, -0.2) is 22.8 Å². The van der Waals surface area contributed by atoms with Crippen molar-refractivity contribution in [1.29, 1.82) is 0 Å². The van der Waals surface area contributed by atoms with Gasteiger partial charge < -0.3 is 10.6 Å². The second kappa shape index (κ2) is 7.14. The number of hydrogen-bond acceptors (Lipinski definition) is 5. The van der Waals surface area contributed by atoms with Crippen LogP contribution in [0, 0.1) is 6.92 Å². The van der Waals surface area contributed by atoms with Crippen molar-refractivity contribution in [3.8, 4) is 0 Å². The molecule has 5 heteroatoms. The summed E-state index contributed by atoms with van der Waals surface area (Å²) >= 11 is 1.73. The van der Waals surface area contributed by atoms with Gasteiger partial charge in [0, 0.05) is 28.9 Å². The van der Waals surface area contributed by atoms with Gasteiger partial charge in [-0.3, -0.25) is 0 Å². The van der Waals surface area contributed by atoms with E-state index < -0.39 is 0 Å². The Bertz CT molecular complexity index is 572. The van der Waals surface area contributed by atoms with E-state index in [4.69, 9.17) is 0 Å². The Balaban J connectivity index is 2.17. The van der Waals surface area contributed by atoms with Gasteiger partial charge in [-0.1, -0.05) is 13.0 Å². The second-order valence-corrected chi connectivity index (χ2v) is 5.38. The fraction of sp³-hybridized carbons (Fsp3) is 0.333. The first-order chi connectivity index (χ1) is 9.71. The number of aromatic nitrogens is 2. The highest BCUT2D eigenvalue weighted by Crippen LogP contribution is 2.22. The van der Waals surface area contributed by atoms with E-state index in [-0.39, 0.29) is 0 Å². The number of rotatable bonds is 6. The molecule has 0 aliphatic carbocycles. The third-order valence-electron chi connectivity index (χ3n) is 2.73. The predicted molar refractivity (Wildman–Crippen MR) is 87.1 cm³/mol. The summed E-state index contributed by atoms with van der Waals surface area (Å²) in [7, 11) is 0. The molecule has 2 N–H and O–H groups in total. The minimum Gasteiger partial charge on any atom is -0.354 e. The van der Waals surface area contributed by atoms with Gasteiger partial charge in [0.15, 0.2) is 0 Å². The fourth-order valence-electron chi connectivity index (χ4n) is 1.80. The Morgan fingerprint density at radius 1 is 1.20 bits per heavy atom. The molecule has 0 saturated heterocycles. The summed E-state index contributed by atoms with van der Waals surface area (Å²) in [6.07, 6.45) is 3.12. The van der Waals surface area contributed by atoms with E-state index in [0.717, 1.165) is 30.2 Å². The zero-order valence-corrected chi connectivity index (χ0v) is 12.9. The molecule has 1 aromatic heterocycles. The average molecular weight is 288 g/mol. The Labute approximate surface area is 124 Å². The highest BCUT2D eigenvalue weighted by molar-refractivity contribution is 7.98. The van der Waals surface area contributed by atoms with Crippen molar-refractivity contribution in [3.05, 3.63) is 36.0 Å². The number of aryl methyl sites for hydroxylation is 1. The molecule has 0 amide bonds. The number of hydrogen-bond donors (Lipinski definition) is 2. The van der Waals surface area contributed by atoms with Gasteiger partial charge >= 0.3 is 0 Å². The summed E-state index contributed by atoms with van der Waals surface area (Å²) in [5, 5.41) is 6.55. The lowest BCUT2D eigenvalue weighted by Crippen LogP contribution is -2.06. The molecule has 20 heavy (non-hydrogen) atoms. The van der Waals surface area contributed by atoms with E-state index in [1.165, 1.54) is 4.90 Å². The smallest absolute Gasteiger partial charge is 0.224 e. The minimum absolute atomic E-state index is 0.676. The molecule has 0 spiro atoms. The van der Waals surface area contributed by atoms with Gasteiger partial charge in [-0.2, -0.15) is 4.98 Å². The van der Waals surface area contributed by atoms with Crippen molar-refractivity contribution < 1.29 is 0 Å². The molecule has 1 aromatic carbocycles. The number of thioether (sulfide) groups is 1. The van der Waals surface area contributed by atoms with Crippen LogP contribution in [-0.2, 0) is 0 Å². The maximum atomic E-state index is 4.48. The van der Waals surface area contributed by atoms with E-state index in [1.54, 1.807) is 11.8 Å². The lowest BCUT2D eigenvalue weighted by Gasteiger charge is -2.10. The lowest BCUT2D eigenvalue weighted by molar-refractivity contribution is 0.947. The average Bonchev–Trinajstić information content (AvgIpc) is 2.44. The van der Waals surface area contributed by atoms with Crippen LogP contribution in [0.25, 0.3) is 0 Å². The number of nitrogens with one attached hydrogen (secondary N) is 2. The molecule has 4 nitrogen and oxygen atoms in total. The first kappa shape index (κ1) is 14.7. The molecule has 106 valence electrons. The molecule has 0 atom stereocenters. The summed E-state index contributed by atoms with van der Waals surface area (Å²) in [6, 6.07) is 10.2. The summed E-state index contributed by atoms with van der Waals surface area (Å²) < 4.78 is 0. The Hall–Kier alpha value is -1.75. The third-order valence-corrected chi connectivity index (χ3v) is 3.45. The van der Waals surface area contributed by atoms with Gasteiger partial charge in [0.2, 0.25) is 5.95 Å². The molecule has 2 rings (SSSR count). The van der Waals surface area contributed by atoms with Crippen LogP contribution in [0.2, 0.25) is 0 Å². The maximum absolute atomic E-state index is 4.48. The summed E-state index contributed by atoms with van der Waals surface area (Å²) in [6.45, 7) is 4.98. The van der Waals surface area contributed by atoms with Crippen LogP contribution in [0.15, 0.2) is 35.2 Å². The van der Waals surface area contributed by atoms with Gasteiger partial charge in [0.1, 0.15) is 5.82 Å². The molecular formula is C15H20N4S. The third kappa shape index (κ3) is 4.13. The van der Waals surface area contributed by atoms with Crippen LogP contribution in [0.1, 0.15) is 19.0 Å². The van der Waals surface area contributed by atoms with Crippen molar-refractivity contribution in [3.63, 3.8) is 0 Å². The minimum atomic E-state index is 0.676. The zero-order valence-electron chi connectivity index (χ0n) is 12.1. The van der Waals surface area contributed by atoms with Crippen molar-refractivity contribution in [2.24, 2.45) is 0 Å². The van der Waals surface area contributed by atoms with Gasteiger partial charge in [-0.25, -0.2) is 4.98 Å². The molecule has 0 saturated carbocycles. The van der Waals surface area contributed by atoms with Crippen molar-refractivity contribution in [2.75, 3.05) is 23.4 Å². The molecule has 0 aliphatic heterocycles. The number of nitrogens with zero attached hydrogens (tertiary/aromatic N) is 2. The van der Waals surface area contributed by atoms with E-state index in [1.807, 2.05) is 25.1 Å². The molecule has 0 unspecified atom stereocenters. The van der Waals surface area contributed by atoms with Crippen LogP contribution < -0.4 is 10.6 Å². The SMILES string of the molecule is CCCNc1nc(C)cc(Nc2cccc(SC)c2)n1. The van der Waals surface area contributed by atoms with Crippen LogP contribution in [0.5, 0.6) is 0 Å². The zero-order chi connectivity index (χ0) is 14.4. The predicted octanol–water partition coefficient (Wildman–Crippen LogP) is 4.07. The van der Waals surface area contributed by atoms with E-state index >= 15 is 0 Å². The second-order valence-electron chi connectivity index (χ2n) is 4.50. The van der Waals surface area contributed by atoms with Gasteiger partial charge in [0.05, 0.1) is 0 Å². The van der Waals surface area contributed by atoms with Gasteiger partial charge in [-0.15, -0.1) is 11.8 Å². The van der Waals surface area contributed by atoms with Crippen LogP contribution in [0.3, 0.4) is 0 Å². The number of anilines is 3. The Morgan fingerprint density at radius 3 is 2.80 bits per heavy atom. The molecule has 0 aliphatic rings. The highest BCUT2D eigenvalue weighted by atomic mass is 32.2. The Kier molecular flexibility index (Phi) is 5.24. The summed E-state index contributed by atoms with van der Waals surface area (Å²) in [5.74, 6) is 1.49. The van der Waals surface area contributed by atoms with Crippen molar-refractivity contribution >= 4 is 29.2 Å². The normalized spacial score (nSPS) is 10.3. The van der Waals surface area contributed by atoms with Crippen LogP contribution >= 0.6 is 11.8 Å². The highest BCUT2D eigenvalue weighted by Gasteiger charge is 2.03. The topological polar surface area (TPSA) is 49.8 Å². The first-order valence-corrected chi connectivity index (χ1v) is 7.94. The molecular weight excluding hydrogens is 268 g/mol. The number of benzene rings is 1. The first-order valence-electron chi connectivity index (χ1n) is 6.72. The summed E-state index contributed by atoms with van der Waals surface area (Å²) in [4.78, 5) is 10.1. The quantitative estimate of drug-likeness (QED) is 0.785. The molecule has 2 aromatic rings. The van der Waals surface area contributed by atoms with Crippen LogP contribution in [0.4, 0.5) is 17.5 Å².